The largest absolute Gasteiger partial charge is 0.372 e. The molecule has 0 radical (unpaired) electrons. The van der Waals surface area contributed by atoms with Gasteiger partial charge in [0.1, 0.15) is 6.54 Å². The molecule has 0 bridgehead atoms. The van der Waals surface area contributed by atoms with Gasteiger partial charge in [-0.25, -0.2) is 9.67 Å². The van der Waals surface area contributed by atoms with Crippen molar-refractivity contribution in [3.8, 4) is 5.95 Å². The van der Waals surface area contributed by atoms with Crippen LogP contribution < -0.4 is 5.56 Å². The van der Waals surface area contributed by atoms with E-state index in [9.17, 15) is 9.59 Å². The first-order valence-corrected chi connectivity index (χ1v) is 9.22. The maximum absolute atomic E-state index is 12.9. The molecule has 146 valence electrons. The molecule has 3 rings (SSSR count). The molecule has 0 unspecified atom stereocenters. The summed E-state index contributed by atoms with van der Waals surface area (Å²) in [6.45, 7) is 12.2. The highest BCUT2D eigenvalue weighted by molar-refractivity contribution is 5.76. The number of aromatic nitrogens is 4. The van der Waals surface area contributed by atoms with Gasteiger partial charge in [-0.15, -0.1) is 0 Å². The van der Waals surface area contributed by atoms with Crippen LogP contribution in [0.1, 0.15) is 36.5 Å². The molecule has 1 fully saturated rings. The summed E-state index contributed by atoms with van der Waals surface area (Å²) in [5.74, 6) is 0.253. The fourth-order valence-electron chi connectivity index (χ4n) is 3.49. The zero-order valence-corrected chi connectivity index (χ0v) is 16.8. The number of hydrogen-bond acceptors (Lipinski definition) is 5. The zero-order valence-electron chi connectivity index (χ0n) is 16.8. The summed E-state index contributed by atoms with van der Waals surface area (Å²) in [5.41, 5.74) is 2.65. The number of nitrogens with zero attached hydrogens (tertiary/aromatic N) is 5. The molecule has 8 nitrogen and oxygen atoms in total. The fourth-order valence-corrected chi connectivity index (χ4v) is 3.49. The van der Waals surface area contributed by atoms with Gasteiger partial charge in [0.2, 0.25) is 11.9 Å². The maximum Gasteiger partial charge on any atom is 0.258 e. The van der Waals surface area contributed by atoms with Gasteiger partial charge in [-0.05, 0) is 47.6 Å². The molecule has 2 atom stereocenters. The number of amides is 1. The Balaban J connectivity index is 2.02. The molecular weight excluding hydrogens is 346 g/mol. The second kappa shape index (κ2) is 7.26. The van der Waals surface area contributed by atoms with Crippen LogP contribution in [0.2, 0.25) is 0 Å². The summed E-state index contributed by atoms with van der Waals surface area (Å²) in [5, 5.41) is 4.45. The summed E-state index contributed by atoms with van der Waals surface area (Å²) in [7, 11) is 0. The molecule has 2 aromatic heterocycles. The van der Waals surface area contributed by atoms with E-state index in [0.717, 1.165) is 11.4 Å². The van der Waals surface area contributed by atoms with E-state index in [1.807, 2.05) is 33.8 Å². The summed E-state index contributed by atoms with van der Waals surface area (Å²) in [6, 6.07) is 1.92. The van der Waals surface area contributed by atoms with Gasteiger partial charge in [0, 0.05) is 30.0 Å². The number of carbonyl (C=O) groups excluding carboxylic acids is 1. The number of morpholine rings is 1. The first kappa shape index (κ1) is 19.3. The Hall–Kier alpha value is -2.48. The topological polar surface area (TPSA) is 82.2 Å². The molecule has 1 amide bonds. The Morgan fingerprint density at radius 1 is 1.19 bits per heavy atom. The van der Waals surface area contributed by atoms with Crippen LogP contribution in [-0.2, 0) is 16.1 Å². The van der Waals surface area contributed by atoms with Crippen molar-refractivity contribution < 1.29 is 9.53 Å². The summed E-state index contributed by atoms with van der Waals surface area (Å²) < 4.78 is 8.75. The molecule has 1 saturated heterocycles. The lowest BCUT2D eigenvalue weighted by Gasteiger charge is -2.35. The van der Waals surface area contributed by atoms with Crippen LogP contribution in [-0.4, -0.2) is 55.4 Å². The standard InChI is InChI=1S/C19H27N5O3/c1-11-7-12(2)24(21-11)19-20-16(6)15(5)18(26)23(19)10-17(25)22-8-13(3)27-14(4)9-22/h7,13-14H,8-10H2,1-6H3/t13-,14-/m1/s1. The highest BCUT2D eigenvalue weighted by atomic mass is 16.5. The smallest absolute Gasteiger partial charge is 0.258 e. The number of hydrogen-bond donors (Lipinski definition) is 0. The van der Waals surface area contributed by atoms with Crippen molar-refractivity contribution in [1.29, 1.82) is 0 Å². The van der Waals surface area contributed by atoms with Crippen LogP contribution in [0.5, 0.6) is 0 Å². The summed E-state index contributed by atoms with van der Waals surface area (Å²) >= 11 is 0. The van der Waals surface area contributed by atoms with E-state index < -0.39 is 0 Å². The minimum atomic E-state index is -0.215. The lowest BCUT2D eigenvalue weighted by Crippen LogP contribution is -2.50. The number of carbonyl (C=O) groups is 1. The van der Waals surface area contributed by atoms with Crippen molar-refractivity contribution in [2.24, 2.45) is 0 Å². The molecule has 8 heteroatoms. The molecule has 0 spiro atoms. The number of ether oxygens (including phenoxy) is 1. The van der Waals surface area contributed by atoms with E-state index in [1.54, 1.807) is 23.4 Å². The predicted octanol–water partition coefficient (Wildman–Crippen LogP) is 1.30. The average molecular weight is 373 g/mol. The lowest BCUT2D eigenvalue weighted by atomic mass is 10.2. The van der Waals surface area contributed by atoms with E-state index in [2.05, 4.69) is 10.1 Å². The third kappa shape index (κ3) is 3.80. The van der Waals surface area contributed by atoms with Crippen molar-refractivity contribution in [1.82, 2.24) is 24.2 Å². The molecule has 1 aliphatic rings. The monoisotopic (exact) mass is 373 g/mol. The minimum Gasteiger partial charge on any atom is -0.372 e. The minimum absolute atomic E-state index is 0.0252. The van der Waals surface area contributed by atoms with E-state index in [4.69, 9.17) is 4.74 Å². The van der Waals surface area contributed by atoms with Gasteiger partial charge in [-0.1, -0.05) is 0 Å². The molecule has 1 aliphatic heterocycles. The highest BCUT2D eigenvalue weighted by Crippen LogP contribution is 2.14. The Kier molecular flexibility index (Phi) is 5.19. The second-order valence-electron chi connectivity index (χ2n) is 7.41. The van der Waals surface area contributed by atoms with Crippen LogP contribution in [0.15, 0.2) is 10.9 Å². The molecule has 2 aromatic rings. The van der Waals surface area contributed by atoms with Crippen molar-refractivity contribution in [2.75, 3.05) is 13.1 Å². The van der Waals surface area contributed by atoms with Gasteiger partial charge in [0.05, 0.1) is 17.9 Å². The van der Waals surface area contributed by atoms with Crippen LogP contribution in [0.3, 0.4) is 0 Å². The third-order valence-electron chi connectivity index (χ3n) is 4.88. The van der Waals surface area contributed by atoms with E-state index in [-0.39, 0.29) is 30.2 Å². The van der Waals surface area contributed by atoms with Crippen LogP contribution in [0.4, 0.5) is 0 Å². The SMILES string of the molecule is Cc1cc(C)n(-c2nc(C)c(C)c(=O)n2CC(=O)N2C[C@@H](C)O[C@H](C)C2)n1. The third-order valence-corrected chi connectivity index (χ3v) is 4.88. The molecule has 3 heterocycles. The number of rotatable bonds is 3. The highest BCUT2D eigenvalue weighted by Gasteiger charge is 2.27. The van der Waals surface area contributed by atoms with E-state index >= 15 is 0 Å². The van der Waals surface area contributed by atoms with Gasteiger partial charge in [0.15, 0.2) is 0 Å². The van der Waals surface area contributed by atoms with Gasteiger partial charge in [-0.2, -0.15) is 5.10 Å². The summed E-state index contributed by atoms with van der Waals surface area (Å²) in [4.78, 5) is 32.2. The Morgan fingerprint density at radius 3 is 2.37 bits per heavy atom. The average Bonchev–Trinajstić information content (AvgIpc) is 2.92. The number of aryl methyl sites for hydroxylation is 3. The Morgan fingerprint density at radius 2 is 1.81 bits per heavy atom. The maximum atomic E-state index is 12.9. The predicted molar refractivity (Wildman–Crippen MR) is 101 cm³/mol. The van der Waals surface area contributed by atoms with Crippen LogP contribution in [0.25, 0.3) is 5.95 Å². The van der Waals surface area contributed by atoms with Crippen molar-refractivity contribution in [3.05, 3.63) is 39.1 Å². The molecule has 0 N–H and O–H groups in total. The zero-order chi connectivity index (χ0) is 19.9. The first-order valence-electron chi connectivity index (χ1n) is 9.22. The molecule has 0 aromatic carbocycles. The molecule has 0 saturated carbocycles. The van der Waals surface area contributed by atoms with Gasteiger partial charge in [0.25, 0.3) is 5.56 Å². The summed E-state index contributed by atoms with van der Waals surface area (Å²) in [6.07, 6.45) is -0.0504. The van der Waals surface area contributed by atoms with E-state index in [0.29, 0.717) is 30.3 Å². The van der Waals surface area contributed by atoms with Crippen LogP contribution >= 0.6 is 0 Å². The van der Waals surface area contributed by atoms with Gasteiger partial charge < -0.3 is 9.64 Å². The van der Waals surface area contributed by atoms with Crippen LogP contribution in [0, 0.1) is 27.7 Å². The quantitative estimate of drug-likeness (QED) is 0.810. The first-order chi connectivity index (χ1) is 12.7. The molecular formula is C19H27N5O3. The van der Waals surface area contributed by atoms with E-state index in [1.165, 1.54) is 4.57 Å². The van der Waals surface area contributed by atoms with Crippen molar-refractivity contribution in [3.63, 3.8) is 0 Å². The van der Waals surface area contributed by atoms with Gasteiger partial charge >= 0.3 is 0 Å². The fraction of sp³-hybridized carbons (Fsp3) is 0.579. The van der Waals surface area contributed by atoms with Gasteiger partial charge in [-0.3, -0.25) is 14.2 Å². The van der Waals surface area contributed by atoms with Crippen molar-refractivity contribution in [2.45, 2.75) is 60.3 Å². The molecule has 27 heavy (non-hydrogen) atoms. The second-order valence-corrected chi connectivity index (χ2v) is 7.41. The molecule has 0 aliphatic carbocycles. The normalized spacial score (nSPS) is 20.1. The van der Waals surface area contributed by atoms with Crippen molar-refractivity contribution >= 4 is 5.91 Å². The lowest BCUT2D eigenvalue weighted by molar-refractivity contribution is -0.143. The Labute approximate surface area is 158 Å². The Bertz CT molecular complexity index is 920.